The number of likely N-dealkylation sites (N-methyl/N-ethyl adjacent to an activating group) is 1. The van der Waals surface area contributed by atoms with Crippen molar-refractivity contribution < 1.29 is 9.53 Å². The second-order valence-electron chi connectivity index (χ2n) is 4.90. The number of hydrogen-bond acceptors (Lipinski definition) is 3. The normalized spacial score (nSPS) is 30.8. The Balaban J connectivity index is 0.00000144. The molecule has 2 unspecified atom stereocenters. The topological polar surface area (TPSA) is 41.6 Å². The monoisotopic (exact) mass is 262 g/mol. The molecule has 5 heteroatoms. The Labute approximate surface area is 109 Å². The van der Waals surface area contributed by atoms with Crippen LogP contribution in [0.2, 0.25) is 0 Å². The van der Waals surface area contributed by atoms with Gasteiger partial charge in [-0.05, 0) is 32.6 Å². The van der Waals surface area contributed by atoms with Gasteiger partial charge in [0, 0.05) is 31.8 Å². The van der Waals surface area contributed by atoms with Gasteiger partial charge in [-0.25, -0.2) is 0 Å². The summed E-state index contributed by atoms with van der Waals surface area (Å²) in [5.74, 6) is 0.119. The number of carbonyl (C=O) groups is 1. The second-order valence-corrected chi connectivity index (χ2v) is 4.90. The molecule has 0 aromatic carbocycles. The number of ether oxygens (including phenoxy) is 1. The van der Waals surface area contributed by atoms with Crippen LogP contribution >= 0.6 is 12.4 Å². The van der Waals surface area contributed by atoms with Gasteiger partial charge >= 0.3 is 0 Å². The molecule has 17 heavy (non-hydrogen) atoms. The van der Waals surface area contributed by atoms with E-state index in [4.69, 9.17) is 4.74 Å². The first-order valence-corrected chi connectivity index (χ1v) is 6.30. The van der Waals surface area contributed by atoms with Gasteiger partial charge in [-0.1, -0.05) is 0 Å². The van der Waals surface area contributed by atoms with E-state index < -0.39 is 0 Å². The van der Waals surface area contributed by atoms with Crippen LogP contribution in [-0.2, 0) is 9.53 Å². The Hall–Kier alpha value is -0.320. The van der Waals surface area contributed by atoms with E-state index >= 15 is 0 Å². The van der Waals surface area contributed by atoms with Gasteiger partial charge in [-0.2, -0.15) is 0 Å². The van der Waals surface area contributed by atoms with Gasteiger partial charge in [0.25, 0.3) is 0 Å². The van der Waals surface area contributed by atoms with Crippen molar-refractivity contribution >= 4 is 18.3 Å². The highest BCUT2D eigenvalue weighted by atomic mass is 35.5. The lowest BCUT2D eigenvalue weighted by molar-refractivity contribution is -0.137. The molecule has 2 aliphatic rings. The van der Waals surface area contributed by atoms with Crippen LogP contribution in [0.1, 0.15) is 32.6 Å². The zero-order valence-electron chi connectivity index (χ0n) is 10.6. The Morgan fingerprint density at radius 1 is 1.35 bits per heavy atom. The lowest BCUT2D eigenvalue weighted by Gasteiger charge is -2.35. The molecule has 2 fully saturated rings. The van der Waals surface area contributed by atoms with Crippen LogP contribution in [0.15, 0.2) is 0 Å². The minimum atomic E-state index is 0. The van der Waals surface area contributed by atoms with E-state index in [9.17, 15) is 4.79 Å². The number of fused-ring (bicyclic) bond motifs is 2. The number of carbonyl (C=O) groups excluding carboxylic acids is 1. The van der Waals surface area contributed by atoms with E-state index in [2.05, 4.69) is 5.32 Å². The molecule has 0 radical (unpaired) electrons. The third-order valence-electron chi connectivity index (χ3n) is 3.82. The summed E-state index contributed by atoms with van der Waals surface area (Å²) < 4.78 is 5.17. The van der Waals surface area contributed by atoms with Crippen molar-refractivity contribution in [3.05, 3.63) is 0 Å². The van der Waals surface area contributed by atoms with Crippen molar-refractivity contribution in [1.29, 1.82) is 0 Å². The Morgan fingerprint density at radius 3 is 2.47 bits per heavy atom. The van der Waals surface area contributed by atoms with Crippen LogP contribution < -0.4 is 5.32 Å². The van der Waals surface area contributed by atoms with Crippen molar-refractivity contribution in [1.82, 2.24) is 10.2 Å². The molecule has 2 heterocycles. The first-order chi connectivity index (χ1) is 7.70. The zero-order valence-corrected chi connectivity index (χ0v) is 11.5. The van der Waals surface area contributed by atoms with Crippen molar-refractivity contribution in [3.63, 3.8) is 0 Å². The lowest BCUT2D eigenvalue weighted by Crippen LogP contribution is -2.49. The van der Waals surface area contributed by atoms with Gasteiger partial charge in [0.2, 0.25) is 5.91 Å². The molecular weight excluding hydrogens is 240 g/mol. The molecule has 0 aromatic rings. The lowest BCUT2D eigenvalue weighted by atomic mass is 9.98. The van der Waals surface area contributed by atoms with Crippen molar-refractivity contribution in [3.8, 4) is 0 Å². The van der Waals surface area contributed by atoms with Crippen molar-refractivity contribution in [2.24, 2.45) is 0 Å². The first-order valence-electron chi connectivity index (χ1n) is 6.30. The van der Waals surface area contributed by atoms with E-state index in [1.54, 1.807) is 0 Å². The number of rotatable bonds is 4. The first kappa shape index (κ1) is 14.7. The predicted molar refractivity (Wildman–Crippen MR) is 69.5 cm³/mol. The molecule has 0 aliphatic carbocycles. The number of piperidine rings is 1. The minimum Gasteiger partial charge on any atom is -0.372 e. The predicted octanol–water partition coefficient (Wildman–Crippen LogP) is 1.19. The molecule has 1 amide bonds. The van der Waals surface area contributed by atoms with Crippen molar-refractivity contribution in [2.45, 2.75) is 50.7 Å². The molecule has 0 aromatic heterocycles. The van der Waals surface area contributed by atoms with Gasteiger partial charge in [0.15, 0.2) is 0 Å². The molecule has 2 rings (SSSR count). The Morgan fingerprint density at radius 2 is 1.94 bits per heavy atom. The SMILES string of the molecule is CCOCC(=O)N(C)C1CC2CCC(C1)N2.Cl. The fourth-order valence-electron chi connectivity index (χ4n) is 2.84. The third kappa shape index (κ3) is 3.57. The van der Waals surface area contributed by atoms with Crippen LogP contribution in [0.4, 0.5) is 0 Å². The van der Waals surface area contributed by atoms with Crippen LogP contribution in [0.3, 0.4) is 0 Å². The molecule has 100 valence electrons. The van der Waals surface area contributed by atoms with Gasteiger partial charge in [0.05, 0.1) is 0 Å². The van der Waals surface area contributed by atoms with E-state index in [1.165, 1.54) is 12.8 Å². The molecule has 1 N–H and O–H groups in total. The van der Waals surface area contributed by atoms with Gasteiger partial charge < -0.3 is 15.0 Å². The molecule has 0 saturated carbocycles. The number of nitrogens with zero attached hydrogens (tertiary/aromatic N) is 1. The minimum absolute atomic E-state index is 0. The van der Waals surface area contributed by atoms with Crippen LogP contribution in [0, 0.1) is 0 Å². The molecular formula is C12H23ClN2O2. The summed E-state index contributed by atoms with van der Waals surface area (Å²) in [6, 6.07) is 1.67. The van der Waals surface area contributed by atoms with E-state index in [-0.39, 0.29) is 24.9 Å². The second kappa shape index (κ2) is 6.57. The van der Waals surface area contributed by atoms with E-state index in [1.807, 2.05) is 18.9 Å². The molecule has 2 saturated heterocycles. The number of nitrogens with one attached hydrogen (secondary N) is 1. The molecule has 4 nitrogen and oxygen atoms in total. The summed E-state index contributed by atoms with van der Waals surface area (Å²) in [5, 5.41) is 3.59. The maximum atomic E-state index is 11.8. The van der Waals surface area contributed by atoms with Gasteiger partial charge in [0.1, 0.15) is 6.61 Å². The van der Waals surface area contributed by atoms with E-state index in [0.717, 1.165) is 12.8 Å². The third-order valence-corrected chi connectivity index (χ3v) is 3.82. The molecule has 0 spiro atoms. The molecule has 2 bridgehead atoms. The Kier molecular flexibility index (Phi) is 5.70. The highest BCUT2D eigenvalue weighted by Crippen LogP contribution is 2.29. The number of halogens is 1. The average Bonchev–Trinajstić information content (AvgIpc) is 2.64. The largest absolute Gasteiger partial charge is 0.372 e. The Bertz CT molecular complexity index is 251. The highest BCUT2D eigenvalue weighted by Gasteiger charge is 2.36. The van der Waals surface area contributed by atoms with Gasteiger partial charge in [-0.15, -0.1) is 12.4 Å². The summed E-state index contributed by atoms with van der Waals surface area (Å²) >= 11 is 0. The summed E-state index contributed by atoms with van der Waals surface area (Å²) in [5.41, 5.74) is 0. The van der Waals surface area contributed by atoms with Gasteiger partial charge in [-0.3, -0.25) is 4.79 Å². The summed E-state index contributed by atoms with van der Waals surface area (Å²) in [6.07, 6.45) is 4.75. The molecule has 2 atom stereocenters. The van der Waals surface area contributed by atoms with Crippen LogP contribution in [-0.4, -0.2) is 49.2 Å². The maximum Gasteiger partial charge on any atom is 0.248 e. The summed E-state index contributed by atoms with van der Waals surface area (Å²) in [7, 11) is 1.91. The summed E-state index contributed by atoms with van der Waals surface area (Å²) in [6.45, 7) is 2.75. The highest BCUT2D eigenvalue weighted by molar-refractivity contribution is 5.85. The standard InChI is InChI=1S/C12H22N2O2.ClH/c1-3-16-8-12(15)14(2)11-6-9-4-5-10(7-11)13-9;/h9-11,13H,3-8H2,1-2H3;1H. The fraction of sp³-hybridized carbons (Fsp3) is 0.917. The quantitative estimate of drug-likeness (QED) is 0.828. The average molecular weight is 263 g/mol. The smallest absolute Gasteiger partial charge is 0.248 e. The number of amides is 1. The molecule has 2 aliphatic heterocycles. The zero-order chi connectivity index (χ0) is 11.5. The van der Waals surface area contributed by atoms with Crippen LogP contribution in [0.5, 0.6) is 0 Å². The summed E-state index contributed by atoms with van der Waals surface area (Å²) in [4.78, 5) is 13.7. The van der Waals surface area contributed by atoms with Crippen LogP contribution in [0.25, 0.3) is 0 Å². The van der Waals surface area contributed by atoms with E-state index in [0.29, 0.717) is 24.7 Å². The fourth-order valence-corrected chi connectivity index (χ4v) is 2.84. The van der Waals surface area contributed by atoms with Crippen molar-refractivity contribution in [2.75, 3.05) is 20.3 Å². The number of hydrogen-bond donors (Lipinski definition) is 1. The maximum absolute atomic E-state index is 11.8.